The van der Waals surface area contributed by atoms with Crippen LogP contribution in [0.15, 0.2) is 28.3 Å². The van der Waals surface area contributed by atoms with E-state index in [2.05, 4.69) is 21.2 Å². The minimum absolute atomic E-state index is 0.0481. The number of hydrogen-bond acceptors (Lipinski definition) is 1. The highest BCUT2D eigenvalue weighted by Gasteiger charge is 2.17. The van der Waals surface area contributed by atoms with Gasteiger partial charge in [-0.3, -0.25) is 0 Å². The maximum Gasteiger partial charge on any atom is 0.132 e. The lowest BCUT2D eigenvalue weighted by atomic mass is 10.0. The van der Waals surface area contributed by atoms with Crippen molar-refractivity contribution in [1.82, 2.24) is 5.32 Å². The highest BCUT2D eigenvalue weighted by atomic mass is 79.9. The van der Waals surface area contributed by atoms with E-state index in [9.17, 15) is 8.78 Å². The number of rotatable bonds is 3. The molecule has 16 heavy (non-hydrogen) atoms. The first-order valence-electron chi connectivity index (χ1n) is 4.92. The minimum atomic E-state index is -0.552. The molecule has 0 aliphatic heterocycles. The lowest BCUT2D eigenvalue weighted by Crippen LogP contribution is -2.17. The van der Waals surface area contributed by atoms with Gasteiger partial charge in [-0.15, -0.1) is 0 Å². The van der Waals surface area contributed by atoms with Gasteiger partial charge >= 0.3 is 0 Å². The van der Waals surface area contributed by atoms with Crippen LogP contribution in [0.25, 0.3) is 0 Å². The van der Waals surface area contributed by atoms with E-state index in [0.29, 0.717) is 4.47 Å². The Morgan fingerprint density at radius 2 is 1.81 bits per heavy atom. The second kappa shape index (κ2) is 5.55. The molecule has 0 radical (unpaired) electrons. The van der Waals surface area contributed by atoms with E-state index in [4.69, 9.17) is 0 Å². The first-order chi connectivity index (χ1) is 7.45. The summed E-state index contributed by atoms with van der Waals surface area (Å²) >= 11 is 3.05. The average Bonchev–Trinajstić information content (AvgIpc) is 2.13. The number of nitrogens with one attached hydrogen (secondary N) is 1. The van der Waals surface area contributed by atoms with E-state index in [1.54, 1.807) is 13.1 Å². The van der Waals surface area contributed by atoms with Crippen molar-refractivity contribution >= 4 is 15.9 Å². The van der Waals surface area contributed by atoms with Gasteiger partial charge in [-0.1, -0.05) is 27.6 Å². The average molecular weight is 290 g/mol. The Bertz CT molecular complexity index is 388. The predicted octanol–water partition coefficient (Wildman–Crippen LogP) is 3.95. The summed E-state index contributed by atoms with van der Waals surface area (Å²) < 4.78 is 27.7. The molecule has 0 heterocycles. The van der Waals surface area contributed by atoms with Crippen molar-refractivity contribution in [1.29, 1.82) is 0 Å². The van der Waals surface area contributed by atoms with Crippen LogP contribution in [-0.4, -0.2) is 7.05 Å². The van der Waals surface area contributed by atoms with Crippen molar-refractivity contribution in [2.45, 2.75) is 19.9 Å². The summed E-state index contributed by atoms with van der Waals surface area (Å²) in [5, 5.41) is 2.88. The monoisotopic (exact) mass is 289 g/mol. The molecule has 1 rings (SSSR count). The van der Waals surface area contributed by atoms with Gasteiger partial charge in [0.15, 0.2) is 0 Å². The second-order valence-corrected chi connectivity index (χ2v) is 4.71. The molecule has 1 atom stereocenters. The first kappa shape index (κ1) is 13.3. The van der Waals surface area contributed by atoms with Crippen molar-refractivity contribution in [2.75, 3.05) is 7.05 Å². The fourth-order valence-corrected chi connectivity index (χ4v) is 1.90. The molecule has 4 heteroatoms. The molecule has 1 unspecified atom stereocenters. The summed E-state index contributed by atoms with van der Waals surface area (Å²) in [7, 11) is 1.67. The number of likely N-dealkylation sites (N-methyl/N-ethyl adjacent to an activating group) is 1. The fourth-order valence-electron chi connectivity index (χ4n) is 1.49. The molecular formula is C12H14BrF2N. The van der Waals surface area contributed by atoms with Crippen LogP contribution in [-0.2, 0) is 0 Å². The van der Waals surface area contributed by atoms with Crippen molar-refractivity contribution in [2.24, 2.45) is 0 Å². The van der Waals surface area contributed by atoms with Crippen molar-refractivity contribution in [3.63, 3.8) is 0 Å². The van der Waals surface area contributed by atoms with Crippen LogP contribution < -0.4 is 5.32 Å². The Balaban J connectivity index is 3.25. The Hall–Kier alpha value is -0.740. The molecule has 0 spiro atoms. The zero-order valence-electron chi connectivity index (χ0n) is 9.44. The van der Waals surface area contributed by atoms with E-state index < -0.39 is 17.7 Å². The summed E-state index contributed by atoms with van der Waals surface area (Å²) in [5.41, 5.74) is 1.05. The predicted molar refractivity (Wildman–Crippen MR) is 65.3 cm³/mol. The van der Waals surface area contributed by atoms with Gasteiger partial charge < -0.3 is 5.32 Å². The van der Waals surface area contributed by atoms with Gasteiger partial charge in [-0.25, -0.2) is 8.78 Å². The van der Waals surface area contributed by atoms with Crippen LogP contribution >= 0.6 is 15.9 Å². The minimum Gasteiger partial charge on any atom is -0.310 e. The molecule has 0 aromatic heterocycles. The van der Waals surface area contributed by atoms with Gasteiger partial charge in [0.05, 0.1) is 6.04 Å². The van der Waals surface area contributed by atoms with Crippen molar-refractivity contribution in [3.05, 3.63) is 45.5 Å². The fraction of sp³-hybridized carbons (Fsp3) is 0.333. The summed E-state index contributed by atoms with van der Waals surface area (Å²) in [6, 6.07) is 2.08. The zero-order chi connectivity index (χ0) is 12.3. The lowest BCUT2D eigenvalue weighted by molar-refractivity contribution is 0.525. The van der Waals surface area contributed by atoms with Gasteiger partial charge in [0.1, 0.15) is 11.6 Å². The molecule has 0 saturated heterocycles. The second-order valence-electron chi connectivity index (χ2n) is 3.79. The maximum atomic E-state index is 13.7. The third kappa shape index (κ3) is 3.12. The lowest BCUT2D eigenvalue weighted by Gasteiger charge is -2.15. The molecule has 88 valence electrons. The van der Waals surface area contributed by atoms with Crippen molar-refractivity contribution in [3.8, 4) is 0 Å². The van der Waals surface area contributed by atoms with Gasteiger partial charge in [-0.2, -0.15) is 0 Å². The van der Waals surface area contributed by atoms with E-state index in [1.165, 1.54) is 12.1 Å². The number of allylic oxidation sites excluding steroid dienone is 1. The van der Waals surface area contributed by atoms with Crippen molar-refractivity contribution < 1.29 is 8.78 Å². The Morgan fingerprint density at radius 1 is 1.31 bits per heavy atom. The molecule has 0 aliphatic rings. The Morgan fingerprint density at radius 3 is 2.19 bits per heavy atom. The van der Waals surface area contributed by atoms with E-state index in [-0.39, 0.29) is 5.56 Å². The van der Waals surface area contributed by atoms with Crippen LogP contribution in [0.1, 0.15) is 25.5 Å². The van der Waals surface area contributed by atoms with Gasteiger partial charge in [0.2, 0.25) is 0 Å². The number of hydrogen-bond donors (Lipinski definition) is 1. The quantitative estimate of drug-likeness (QED) is 0.831. The summed E-state index contributed by atoms with van der Waals surface area (Å²) in [6.07, 6.45) is 1.79. The smallest absolute Gasteiger partial charge is 0.132 e. The molecule has 0 bridgehead atoms. The molecule has 0 saturated carbocycles. The Kier molecular flexibility index (Phi) is 4.62. The standard InChI is InChI=1S/C12H14BrF2N/c1-7(2)4-11(16-3)12-9(14)5-8(13)6-10(12)15/h4-6,11,16H,1-3H3. The van der Waals surface area contributed by atoms with Crippen LogP contribution in [0.2, 0.25) is 0 Å². The van der Waals surface area contributed by atoms with Crippen LogP contribution in [0.3, 0.4) is 0 Å². The SMILES string of the molecule is CNC(C=C(C)C)c1c(F)cc(Br)cc1F. The van der Waals surface area contributed by atoms with E-state index in [1.807, 2.05) is 13.8 Å². The highest BCUT2D eigenvalue weighted by Crippen LogP contribution is 2.26. The molecule has 1 aromatic carbocycles. The maximum absolute atomic E-state index is 13.7. The Labute approximate surface area is 103 Å². The topological polar surface area (TPSA) is 12.0 Å². The third-order valence-electron chi connectivity index (χ3n) is 2.17. The van der Waals surface area contributed by atoms with Gasteiger partial charge in [0, 0.05) is 10.0 Å². The molecule has 0 amide bonds. The molecule has 1 aromatic rings. The molecule has 0 aliphatic carbocycles. The van der Waals surface area contributed by atoms with E-state index >= 15 is 0 Å². The van der Waals surface area contributed by atoms with E-state index in [0.717, 1.165) is 5.57 Å². The molecule has 0 fully saturated rings. The normalized spacial score (nSPS) is 12.4. The molecule has 1 N–H and O–H groups in total. The first-order valence-corrected chi connectivity index (χ1v) is 5.71. The van der Waals surface area contributed by atoms with Gasteiger partial charge in [0.25, 0.3) is 0 Å². The molecular weight excluding hydrogens is 276 g/mol. The van der Waals surface area contributed by atoms with Crippen LogP contribution in [0, 0.1) is 11.6 Å². The zero-order valence-corrected chi connectivity index (χ0v) is 11.0. The molecule has 1 nitrogen and oxygen atoms in total. The summed E-state index contributed by atoms with van der Waals surface area (Å²) in [6.45, 7) is 3.78. The van der Waals surface area contributed by atoms with Crippen LogP contribution in [0.5, 0.6) is 0 Å². The number of halogens is 3. The van der Waals surface area contributed by atoms with Gasteiger partial charge in [-0.05, 0) is 33.0 Å². The summed E-state index contributed by atoms with van der Waals surface area (Å²) in [4.78, 5) is 0. The number of benzene rings is 1. The third-order valence-corrected chi connectivity index (χ3v) is 2.62. The highest BCUT2D eigenvalue weighted by molar-refractivity contribution is 9.10. The largest absolute Gasteiger partial charge is 0.310 e. The van der Waals surface area contributed by atoms with Crippen LogP contribution in [0.4, 0.5) is 8.78 Å². The summed E-state index contributed by atoms with van der Waals surface area (Å²) in [5.74, 6) is -1.10.